The number of carbonyl (C=O) groups excluding carboxylic acids is 1. The van der Waals surface area contributed by atoms with Gasteiger partial charge in [0.1, 0.15) is 0 Å². The highest BCUT2D eigenvalue weighted by molar-refractivity contribution is 7.99. The van der Waals surface area contributed by atoms with Crippen LogP contribution in [0.2, 0.25) is 0 Å². The maximum absolute atomic E-state index is 12.4. The maximum Gasteiger partial charge on any atom is 0.241 e. The summed E-state index contributed by atoms with van der Waals surface area (Å²) in [6.07, 6.45) is 5.87. The Morgan fingerprint density at radius 3 is 2.67 bits per heavy atom. The molecule has 4 atom stereocenters. The summed E-state index contributed by atoms with van der Waals surface area (Å²) in [7, 11) is 0. The first-order chi connectivity index (χ1) is 8.71. The van der Waals surface area contributed by atoms with Gasteiger partial charge in [-0.15, -0.1) is 0 Å². The van der Waals surface area contributed by atoms with E-state index in [1.165, 1.54) is 25.0 Å². The van der Waals surface area contributed by atoms with Gasteiger partial charge in [0.05, 0.1) is 12.2 Å². The van der Waals surface area contributed by atoms with Crippen molar-refractivity contribution in [2.75, 3.05) is 5.75 Å². The summed E-state index contributed by atoms with van der Waals surface area (Å²) in [5, 5.41) is 4.25. The molecule has 1 heterocycles. The van der Waals surface area contributed by atoms with Crippen molar-refractivity contribution in [1.82, 2.24) is 10.2 Å². The molecular weight excluding hydrogens is 244 g/mol. The Hall–Kier alpha value is -0.220. The minimum atomic E-state index is 0.0628. The number of hydrogen-bond acceptors (Lipinski definition) is 3. The van der Waals surface area contributed by atoms with Gasteiger partial charge in [-0.3, -0.25) is 10.1 Å². The number of rotatable bonds is 5. The van der Waals surface area contributed by atoms with Crippen LogP contribution in [0.15, 0.2) is 0 Å². The SMILES string of the molecule is CCSC1CCC(N2C(=O)C(CC)NC2CC)C1. The van der Waals surface area contributed by atoms with Crippen LogP contribution in [0.1, 0.15) is 52.9 Å². The molecule has 1 N–H and O–H groups in total. The number of carbonyl (C=O) groups is 1. The van der Waals surface area contributed by atoms with Crippen molar-refractivity contribution in [2.24, 2.45) is 0 Å². The number of nitrogens with zero attached hydrogens (tertiary/aromatic N) is 1. The second kappa shape index (κ2) is 6.29. The Morgan fingerprint density at radius 2 is 2.06 bits per heavy atom. The third kappa shape index (κ3) is 2.69. The topological polar surface area (TPSA) is 32.3 Å². The van der Waals surface area contributed by atoms with Crippen molar-refractivity contribution in [3.63, 3.8) is 0 Å². The molecule has 4 heteroatoms. The zero-order chi connectivity index (χ0) is 13.1. The second-order valence-electron chi connectivity index (χ2n) is 5.34. The zero-order valence-electron chi connectivity index (χ0n) is 11.8. The minimum Gasteiger partial charge on any atom is -0.323 e. The summed E-state index contributed by atoms with van der Waals surface area (Å²) in [5.74, 6) is 1.54. The lowest BCUT2D eigenvalue weighted by molar-refractivity contribution is -0.132. The Labute approximate surface area is 115 Å². The van der Waals surface area contributed by atoms with Crippen molar-refractivity contribution in [3.8, 4) is 0 Å². The van der Waals surface area contributed by atoms with Gasteiger partial charge in [-0.05, 0) is 37.9 Å². The van der Waals surface area contributed by atoms with Crippen molar-refractivity contribution in [1.29, 1.82) is 0 Å². The quantitative estimate of drug-likeness (QED) is 0.833. The third-order valence-corrected chi connectivity index (χ3v) is 5.46. The Morgan fingerprint density at radius 1 is 1.28 bits per heavy atom. The largest absolute Gasteiger partial charge is 0.323 e. The molecule has 18 heavy (non-hydrogen) atoms. The van der Waals surface area contributed by atoms with Crippen molar-refractivity contribution in [3.05, 3.63) is 0 Å². The molecule has 2 fully saturated rings. The first-order valence-corrected chi connectivity index (χ1v) is 8.45. The molecule has 104 valence electrons. The van der Waals surface area contributed by atoms with Crippen LogP contribution in [0, 0.1) is 0 Å². The average molecular weight is 270 g/mol. The molecule has 0 bridgehead atoms. The molecule has 1 aliphatic heterocycles. The van der Waals surface area contributed by atoms with Gasteiger partial charge in [0.25, 0.3) is 0 Å². The second-order valence-corrected chi connectivity index (χ2v) is 6.92. The number of thioether (sulfide) groups is 1. The van der Waals surface area contributed by atoms with Crippen LogP contribution in [0.5, 0.6) is 0 Å². The summed E-state index contributed by atoms with van der Waals surface area (Å²) in [6.45, 7) is 6.49. The van der Waals surface area contributed by atoms with E-state index in [1.54, 1.807) is 0 Å². The van der Waals surface area contributed by atoms with Crippen LogP contribution < -0.4 is 5.32 Å². The van der Waals surface area contributed by atoms with Gasteiger partial charge < -0.3 is 4.90 Å². The van der Waals surface area contributed by atoms with Crippen molar-refractivity contribution < 1.29 is 4.79 Å². The van der Waals surface area contributed by atoms with Crippen LogP contribution in [-0.4, -0.2) is 40.1 Å². The van der Waals surface area contributed by atoms with Gasteiger partial charge in [-0.25, -0.2) is 0 Å². The van der Waals surface area contributed by atoms with E-state index in [0.717, 1.165) is 18.1 Å². The molecule has 4 unspecified atom stereocenters. The van der Waals surface area contributed by atoms with E-state index in [9.17, 15) is 4.79 Å². The summed E-state index contributed by atoms with van der Waals surface area (Å²) in [5.41, 5.74) is 0. The maximum atomic E-state index is 12.4. The third-order valence-electron chi connectivity index (χ3n) is 4.23. The van der Waals surface area contributed by atoms with Gasteiger partial charge in [0.15, 0.2) is 0 Å². The molecule has 0 aromatic carbocycles. The normalized spacial score (nSPS) is 36.6. The molecule has 3 nitrogen and oxygen atoms in total. The van der Waals surface area contributed by atoms with Crippen LogP contribution in [0.25, 0.3) is 0 Å². The summed E-state index contributed by atoms with van der Waals surface area (Å²) in [6, 6.07) is 0.545. The summed E-state index contributed by atoms with van der Waals surface area (Å²) >= 11 is 2.06. The predicted molar refractivity (Wildman–Crippen MR) is 77.7 cm³/mol. The van der Waals surface area contributed by atoms with E-state index in [0.29, 0.717) is 11.9 Å². The average Bonchev–Trinajstić information content (AvgIpc) is 2.93. The summed E-state index contributed by atoms with van der Waals surface area (Å²) in [4.78, 5) is 14.6. The molecule has 1 aliphatic carbocycles. The van der Waals surface area contributed by atoms with E-state index >= 15 is 0 Å². The summed E-state index contributed by atoms with van der Waals surface area (Å²) < 4.78 is 0. The van der Waals surface area contributed by atoms with Gasteiger partial charge in [0.2, 0.25) is 5.91 Å². The van der Waals surface area contributed by atoms with E-state index in [1.807, 2.05) is 0 Å². The monoisotopic (exact) mass is 270 g/mol. The number of hydrogen-bond donors (Lipinski definition) is 1. The molecule has 2 rings (SSSR count). The van der Waals surface area contributed by atoms with Crippen LogP contribution in [0.4, 0.5) is 0 Å². The lowest BCUT2D eigenvalue weighted by Crippen LogP contribution is -2.43. The van der Waals surface area contributed by atoms with E-state index in [4.69, 9.17) is 0 Å². The lowest BCUT2D eigenvalue weighted by Gasteiger charge is -2.29. The standard InChI is InChI=1S/C14H26N2OS/c1-4-12-14(17)16(13(5-2)15-12)10-7-8-11(9-10)18-6-3/h10-13,15H,4-9H2,1-3H3. The van der Waals surface area contributed by atoms with E-state index in [-0.39, 0.29) is 12.2 Å². The van der Waals surface area contributed by atoms with Crippen molar-refractivity contribution in [2.45, 2.75) is 76.4 Å². The Balaban J connectivity index is 2.00. The highest BCUT2D eigenvalue weighted by Crippen LogP contribution is 2.35. The fourth-order valence-corrected chi connectivity index (χ4v) is 4.45. The lowest BCUT2D eigenvalue weighted by atomic mass is 10.1. The molecule has 2 aliphatic rings. The van der Waals surface area contributed by atoms with Crippen LogP contribution >= 0.6 is 11.8 Å². The van der Waals surface area contributed by atoms with E-state index < -0.39 is 0 Å². The highest BCUT2D eigenvalue weighted by atomic mass is 32.2. The molecule has 1 saturated carbocycles. The first-order valence-electron chi connectivity index (χ1n) is 7.41. The Kier molecular flexibility index (Phi) is 4.96. The molecule has 0 aromatic heterocycles. The van der Waals surface area contributed by atoms with Crippen molar-refractivity contribution >= 4 is 17.7 Å². The van der Waals surface area contributed by atoms with Gasteiger partial charge in [-0.2, -0.15) is 11.8 Å². The smallest absolute Gasteiger partial charge is 0.241 e. The number of amides is 1. The zero-order valence-corrected chi connectivity index (χ0v) is 12.6. The van der Waals surface area contributed by atoms with Crippen LogP contribution in [0.3, 0.4) is 0 Å². The predicted octanol–water partition coefficient (Wildman–Crippen LogP) is 2.61. The minimum absolute atomic E-state index is 0.0628. The van der Waals surface area contributed by atoms with Gasteiger partial charge >= 0.3 is 0 Å². The molecule has 0 radical (unpaired) electrons. The van der Waals surface area contributed by atoms with Crippen LogP contribution in [-0.2, 0) is 4.79 Å². The molecule has 1 amide bonds. The number of nitrogens with one attached hydrogen (secondary N) is 1. The molecule has 0 aromatic rings. The Bertz CT molecular complexity index is 298. The highest BCUT2D eigenvalue weighted by Gasteiger charge is 2.42. The fraction of sp³-hybridized carbons (Fsp3) is 0.929. The first kappa shape index (κ1) is 14.2. The van der Waals surface area contributed by atoms with Gasteiger partial charge in [-0.1, -0.05) is 20.8 Å². The molecular formula is C14H26N2OS. The molecule has 0 spiro atoms. The fourth-order valence-electron chi connectivity index (χ4n) is 3.32. The molecule has 1 saturated heterocycles. The van der Waals surface area contributed by atoms with Gasteiger partial charge in [0, 0.05) is 11.3 Å². The van der Waals surface area contributed by atoms with E-state index in [2.05, 4.69) is 42.7 Å².